The van der Waals surface area contributed by atoms with Crippen LogP contribution < -0.4 is 5.32 Å². The molecule has 0 radical (unpaired) electrons. The lowest BCUT2D eigenvalue weighted by atomic mass is 9.78. The number of rotatable bonds is 8. The fourth-order valence-electron chi connectivity index (χ4n) is 2.59. The van der Waals surface area contributed by atoms with Crippen LogP contribution in [0.1, 0.15) is 65.7 Å². The molecule has 1 aliphatic carbocycles. The zero-order valence-electron chi connectivity index (χ0n) is 10.9. The van der Waals surface area contributed by atoms with Crippen LogP contribution in [0.4, 0.5) is 0 Å². The Labute approximate surface area is 96.0 Å². The molecular formula is C14H29N. The summed E-state index contributed by atoms with van der Waals surface area (Å²) in [5.74, 6) is 1.90. The van der Waals surface area contributed by atoms with E-state index in [2.05, 4.69) is 26.1 Å². The van der Waals surface area contributed by atoms with Gasteiger partial charge >= 0.3 is 0 Å². The van der Waals surface area contributed by atoms with E-state index in [1.807, 2.05) is 0 Å². The monoisotopic (exact) mass is 211 g/mol. The molecule has 0 aromatic rings. The van der Waals surface area contributed by atoms with Gasteiger partial charge in [-0.15, -0.1) is 0 Å². The Bertz CT molecular complexity index is 151. The molecule has 0 aromatic carbocycles. The molecule has 2 atom stereocenters. The van der Waals surface area contributed by atoms with Crippen molar-refractivity contribution in [1.29, 1.82) is 0 Å². The third-order valence-corrected chi connectivity index (χ3v) is 3.90. The third kappa shape index (κ3) is 4.55. The number of hydrogen-bond donors (Lipinski definition) is 1. The highest BCUT2D eigenvalue weighted by Gasteiger charge is 2.24. The van der Waals surface area contributed by atoms with Crippen molar-refractivity contribution in [3.8, 4) is 0 Å². The van der Waals surface area contributed by atoms with E-state index in [1.165, 1.54) is 51.5 Å². The van der Waals surface area contributed by atoms with Crippen molar-refractivity contribution in [3.63, 3.8) is 0 Å². The predicted octanol–water partition coefficient (Wildman–Crippen LogP) is 3.98. The largest absolute Gasteiger partial charge is 0.314 e. The van der Waals surface area contributed by atoms with Gasteiger partial charge in [0, 0.05) is 6.04 Å². The molecule has 1 saturated carbocycles. The number of hydrogen-bond acceptors (Lipinski definition) is 1. The summed E-state index contributed by atoms with van der Waals surface area (Å²) >= 11 is 0. The number of nitrogens with one attached hydrogen (secondary N) is 1. The average Bonchev–Trinajstić information content (AvgIpc) is 2.15. The van der Waals surface area contributed by atoms with Crippen molar-refractivity contribution in [2.24, 2.45) is 11.8 Å². The molecule has 0 aromatic heterocycles. The Balaban J connectivity index is 2.28. The molecule has 0 aliphatic heterocycles. The minimum Gasteiger partial charge on any atom is -0.314 e. The van der Waals surface area contributed by atoms with E-state index in [-0.39, 0.29) is 0 Å². The SMILES string of the molecule is CCCNC(CC1CCC1)C(C)CCC. The van der Waals surface area contributed by atoms with Crippen LogP contribution in [0.2, 0.25) is 0 Å². The lowest BCUT2D eigenvalue weighted by Gasteiger charge is -2.33. The van der Waals surface area contributed by atoms with Gasteiger partial charge in [-0.2, -0.15) is 0 Å². The molecule has 1 nitrogen and oxygen atoms in total. The molecule has 0 heterocycles. The van der Waals surface area contributed by atoms with Crippen LogP contribution in [0.5, 0.6) is 0 Å². The minimum atomic E-state index is 0.787. The first-order chi connectivity index (χ1) is 7.27. The second-order valence-electron chi connectivity index (χ2n) is 5.36. The van der Waals surface area contributed by atoms with Crippen molar-refractivity contribution >= 4 is 0 Å². The second kappa shape index (κ2) is 7.27. The molecule has 0 spiro atoms. The Morgan fingerprint density at radius 1 is 1.20 bits per heavy atom. The summed E-state index contributed by atoms with van der Waals surface area (Å²) in [7, 11) is 0. The van der Waals surface area contributed by atoms with Gasteiger partial charge in [0.25, 0.3) is 0 Å². The molecule has 1 fully saturated rings. The predicted molar refractivity (Wildman–Crippen MR) is 68.1 cm³/mol. The van der Waals surface area contributed by atoms with Crippen LogP contribution in [0.25, 0.3) is 0 Å². The quantitative estimate of drug-likeness (QED) is 0.640. The molecule has 90 valence electrons. The summed E-state index contributed by atoms with van der Waals surface area (Å²) in [6.45, 7) is 8.19. The summed E-state index contributed by atoms with van der Waals surface area (Å²) in [6, 6.07) is 0.787. The van der Waals surface area contributed by atoms with E-state index < -0.39 is 0 Å². The molecule has 15 heavy (non-hydrogen) atoms. The standard InChI is InChI=1S/C14H29N/c1-4-7-12(3)14(15-10-5-2)11-13-8-6-9-13/h12-15H,4-11H2,1-3H3. The molecule has 1 aliphatic rings. The Morgan fingerprint density at radius 2 is 1.93 bits per heavy atom. The van der Waals surface area contributed by atoms with Crippen LogP contribution in [0, 0.1) is 11.8 Å². The first-order valence-corrected chi connectivity index (χ1v) is 7.01. The van der Waals surface area contributed by atoms with Crippen LogP contribution in [0.15, 0.2) is 0 Å². The molecule has 0 saturated heterocycles. The van der Waals surface area contributed by atoms with Gasteiger partial charge in [0.05, 0.1) is 0 Å². The third-order valence-electron chi connectivity index (χ3n) is 3.90. The molecule has 0 bridgehead atoms. The molecule has 0 amide bonds. The van der Waals surface area contributed by atoms with Gasteiger partial charge < -0.3 is 5.32 Å². The smallest absolute Gasteiger partial charge is 0.00953 e. The van der Waals surface area contributed by atoms with Gasteiger partial charge in [0.1, 0.15) is 0 Å². The van der Waals surface area contributed by atoms with Crippen LogP contribution >= 0.6 is 0 Å². The fourth-order valence-corrected chi connectivity index (χ4v) is 2.59. The van der Waals surface area contributed by atoms with Gasteiger partial charge in [-0.25, -0.2) is 0 Å². The maximum atomic E-state index is 3.75. The van der Waals surface area contributed by atoms with Crippen molar-refractivity contribution in [2.75, 3.05) is 6.54 Å². The van der Waals surface area contributed by atoms with Gasteiger partial charge in [0.15, 0.2) is 0 Å². The topological polar surface area (TPSA) is 12.0 Å². The van der Waals surface area contributed by atoms with Gasteiger partial charge in [0.2, 0.25) is 0 Å². The molecular weight excluding hydrogens is 182 g/mol. The Morgan fingerprint density at radius 3 is 2.40 bits per heavy atom. The van der Waals surface area contributed by atoms with Gasteiger partial charge in [-0.05, 0) is 37.6 Å². The van der Waals surface area contributed by atoms with Crippen molar-refractivity contribution in [1.82, 2.24) is 5.32 Å². The summed E-state index contributed by atoms with van der Waals surface area (Å²) in [6.07, 6.45) is 9.87. The van der Waals surface area contributed by atoms with Crippen LogP contribution in [-0.2, 0) is 0 Å². The van der Waals surface area contributed by atoms with Crippen LogP contribution in [-0.4, -0.2) is 12.6 Å². The van der Waals surface area contributed by atoms with E-state index >= 15 is 0 Å². The lowest BCUT2D eigenvalue weighted by molar-refractivity contribution is 0.222. The van der Waals surface area contributed by atoms with Gasteiger partial charge in [-0.1, -0.05) is 46.5 Å². The van der Waals surface area contributed by atoms with E-state index in [0.717, 1.165) is 17.9 Å². The minimum absolute atomic E-state index is 0.787. The highest BCUT2D eigenvalue weighted by molar-refractivity contribution is 4.80. The molecule has 1 N–H and O–H groups in total. The molecule has 1 rings (SSSR count). The lowest BCUT2D eigenvalue weighted by Crippen LogP contribution is -2.38. The highest BCUT2D eigenvalue weighted by atomic mass is 14.9. The van der Waals surface area contributed by atoms with E-state index in [4.69, 9.17) is 0 Å². The molecule has 1 heteroatoms. The first kappa shape index (κ1) is 13.0. The maximum absolute atomic E-state index is 3.75. The first-order valence-electron chi connectivity index (χ1n) is 7.01. The average molecular weight is 211 g/mol. The van der Waals surface area contributed by atoms with Crippen molar-refractivity contribution in [3.05, 3.63) is 0 Å². The normalized spacial score (nSPS) is 21.0. The van der Waals surface area contributed by atoms with Crippen molar-refractivity contribution in [2.45, 2.75) is 71.8 Å². The second-order valence-corrected chi connectivity index (χ2v) is 5.36. The Hall–Kier alpha value is -0.0400. The van der Waals surface area contributed by atoms with Crippen LogP contribution in [0.3, 0.4) is 0 Å². The fraction of sp³-hybridized carbons (Fsp3) is 1.00. The zero-order valence-corrected chi connectivity index (χ0v) is 10.9. The van der Waals surface area contributed by atoms with E-state index in [1.54, 1.807) is 0 Å². The Kier molecular flexibility index (Phi) is 6.31. The summed E-state index contributed by atoms with van der Waals surface area (Å²) in [4.78, 5) is 0. The summed E-state index contributed by atoms with van der Waals surface area (Å²) in [5.41, 5.74) is 0. The maximum Gasteiger partial charge on any atom is 0.00953 e. The van der Waals surface area contributed by atoms with Crippen molar-refractivity contribution < 1.29 is 0 Å². The summed E-state index contributed by atoms with van der Waals surface area (Å²) in [5, 5.41) is 3.75. The van der Waals surface area contributed by atoms with E-state index in [9.17, 15) is 0 Å². The van der Waals surface area contributed by atoms with Gasteiger partial charge in [-0.3, -0.25) is 0 Å². The van der Waals surface area contributed by atoms with E-state index in [0.29, 0.717) is 0 Å². The highest BCUT2D eigenvalue weighted by Crippen LogP contribution is 2.32. The zero-order chi connectivity index (χ0) is 11.1. The summed E-state index contributed by atoms with van der Waals surface area (Å²) < 4.78 is 0. The molecule has 2 unspecified atom stereocenters.